The number of nitrogens with zero attached hydrogens (tertiary/aromatic N) is 1. The summed E-state index contributed by atoms with van der Waals surface area (Å²) in [6.07, 6.45) is 0. The Labute approximate surface area is 140 Å². The van der Waals surface area contributed by atoms with Crippen molar-refractivity contribution in [2.75, 3.05) is 39.4 Å². The van der Waals surface area contributed by atoms with E-state index in [2.05, 4.69) is 36.2 Å². The number of benzene rings is 1. The van der Waals surface area contributed by atoms with E-state index in [1.807, 2.05) is 12.1 Å². The number of nitrogens with one attached hydrogen (secondary N) is 1. The Hall–Kier alpha value is -0.520. The van der Waals surface area contributed by atoms with Crippen LogP contribution in [0.5, 0.6) is 5.75 Å². The highest BCUT2D eigenvalue weighted by Crippen LogP contribution is 2.11. The van der Waals surface area contributed by atoms with Gasteiger partial charge in [-0.3, -0.25) is 0 Å². The second kappa shape index (κ2) is 14.4. The molecule has 0 saturated carbocycles. The van der Waals surface area contributed by atoms with Crippen LogP contribution in [0.25, 0.3) is 0 Å². The third-order valence-electron chi connectivity index (χ3n) is 3.11. The number of aliphatic hydroxyl groups is 1. The second-order valence-electron chi connectivity index (χ2n) is 4.42. The zero-order valence-corrected chi connectivity index (χ0v) is 14.5. The highest BCUT2D eigenvalue weighted by molar-refractivity contribution is 5.85. The van der Waals surface area contributed by atoms with Crippen LogP contribution in [0.2, 0.25) is 0 Å². The Balaban J connectivity index is 0. The number of ether oxygens (including phenoxy) is 1. The van der Waals surface area contributed by atoms with Gasteiger partial charge in [0.1, 0.15) is 12.4 Å². The Bertz CT molecular complexity index is 333. The van der Waals surface area contributed by atoms with Gasteiger partial charge in [0.25, 0.3) is 0 Å². The largest absolute Gasteiger partial charge is 0.491 e. The van der Waals surface area contributed by atoms with E-state index >= 15 is 0 Å². The van der Waals surface area contributed by atoms with Crippen molar-refractivity contribution >= 4 is 24.8 Å². The average Bonchev–Trinajstić information content (AvgIpc) is 2.46. The number of halogens is 2. The molecule has 2 N–H and O–H groups in total. The molecule has 0 spiro atoms. The van der Waals surface area contributed by atoms with Gasteiger partial charge in [-0.2, -0.15) is 0 Å². The molecule has 0 bridgehead atoms. The van der Waals surface area contributed by atoms with Crippen molar-refractivity contribution in [2.45, 2.75) is 20.4 Å². The smallest absolute Gasteiger partial charge is 0.119 e. The van der Waals surface area contributed by atoms with Crippen molar-refractivity contribution in [2.24, 2.45) is 0 Å². The Morgan fingerprint density at radius 1 is 1.10 bits per heavy atom. The fraction of sp³-hybridized carbons (Fsp3) is 0.600. The molecule has 0 amide bonds. The topological polar surface area (TPSA) is 44.7 Å². The molecule has 6 heteroatoms. The third kappa shape index (κ3) is 9.93. The minimum Gasteiger partial charge on any atom is -0.491 e. The highest BCUT2D eigenvalue weighted by atomic mass is 35.5. The first-order valence-corrected chi connectivity index (χ1v) is 7.05. The molecule has 0 aliphatic rings. The molecule has 0 aliphatic carbocycles. The van der Waals surface area contributed by atoms with Crippen LogP contribution in [0.4, 0.5) is 0 Å². The maximum atomic E-state index is 8.67. The first-order valence-electron chi connectivity index (χ1n) is 7.05. The van der Waals surface area contributed by atoms with E-state index in [0.717, 1.165) is 38.5 Å². The summed E-state index contributed by atoms with van der Waals surface area (Å²) in [5, 5.41) is 12.1. The fourth-order valence-corrected chi connectivity index (χ4v) is 1.88. The van der Waals surface area contributed by atoms with Crippen molar-refractivity contribution in [3.8, 4) is 5.75 Å². The fourth-order valence-electron chi connectivity index (χ4n) is 1.88. The van der Waals surface area contributed by atoms with Gasteiger partial charge in [0.05, 0.1) is 6.61 Å². The van der Waals surface area contributed by atoms with Gasteiger partial charge in [-0.05, 0) is 30.8 Å². The monoisotopic (exact) mass is 338 g/mol. The number of rotatable bonds is 10. The first kappa shape index (κ1) is 22.8. The number of aliphatic hydroxyl groups excluding tert-OH is 1. The molecule has 1 aromatic carbocycles. The molecular weight excluding hydrogens is 311 g/mol. The number of likely N-dealkylation sites (N-methyl/N-ethyl adjacent to an activating group) is 1. The Morgan fingerprint density at radius 3 is 2.24 bits per heavy atom. The van der Waals surface area contributed by atoms with Crippen LogP contribution in [0.3, 0.4) is 0 Å². The van der Waals surface area contributed by atoms with E-state index < -0.39 is 0 Å². The highest BCUT2D eigenvalue weighted by Gasteiger charge is 1.98. The summed E-state index contributed by atoms with van der Waals surface area (Å²) < 4.78 is 5.32. The van der Waals surface area contributed by atoms with Crippen LogP contribution in [0.15, 0.2) is 24.3 Å². The molecule has 0 aromatic heterocycles. The minimum absolute atomic E-state index is 0. The maximum Gasteiger partial charge on any atom is 0.119 e. The van der Waals surface area contributed by atoms with E-state index in [9.17, 15) is 0 Å². The normalized spacial score (nSPS) is 9.90. The zero-order chi connectivity index (χ0) is 13.9. The first-order chi connectivity index (χ1) is 9.30. The maximum absolute atomic E-state index is 8.67. The molecular formula is C15H28Cl2N2O2. The zero-order valence-electron chi connectivity index (χ0n) is 12.9. The van der Waals surface area contributed by atoms with Crippen molar-refractivity contribution in [3.05, 3.63) is 29.8 Å². The molecule has 0 fully saturated rings. The Morgan fingerprint density at radius 2 is 1.71 bits per heavy atom. The molecule has 0 saturated heterocycles. The van der Waals surface area contributed by atoms with Crippen molar-refractivity contribution in [3.63, 3.8) is 0 Å². The van der Waals surface area contributed by atoms with E-state index in [1.54, 1.807) is 0 Å². The van der Waals surface area contributed by atoms with Crippen molar-refractivity contribution < 1.29 is 9.84 Å². The third-order valence-corrected chi connectivity index (χ3v) is 3.11. The van der Waals surface area contributed by atoms with Gasteiger partial charge in [-0.25, -0.2) is 0 Å². The van der Waals surface area contributed by atoms with Crippen LogP contribution in [0, 0.1) is 0 Å². The molecule has 1 rings (SSSR count). The van der Waals surface area contributed by atoms with Crippen LogP contribution < -0.4 is 10.1 Å². The SMILES string of the molecule is CCN(CC)CCNCc1ccc(OCCO)cc1.Cl.Cl. The lowest BCUT2D eigenvalue weighted by atomic mass is 10.2. The van der Waals surface area contributed by atoms with E-state index in [0.29, 0.717) is 6.61 Å². The quantitative estimate of drug-likeness (QED) is 0.642. The molecule has 0 aliphatic heterocycles. The lowest BCUT2D eigenvalue weighted by Gasteiger charge is -2.18. The van der Waals surface area contributed by atoms with E-state index in [4.69, 9.17) is 9.84 Å². The molecule has 0 unspecified atom stereocenters. The van der Waals surface area contributed by atoms with Gasteiger partial charge in [0.2, 0.25) is 0 Å². The van der Waals surface area contributed by atoms with Crippen molar-refractivity contribution in [1.82, 2.24) is 10.2 Å². The lowest BCUT2D eigenvalue weighted by Crippen LogP contribution is -2.31. The predicted octanol–water partition coefficient (Wildman–Crippen LogP) is 2.33. The van der Waals surface area contributed by atoms with Crippen LogP contribution in [-0.2, 0) is 6.54 Å². The summed E-state index contributed by atoms with van der Waals surface area (Å²) in [5.41, 5.74) is 1.25. The summed E-state index contributed by atoms with van der Waals surface area (Å²) in [6, 6.07) is 7.99. The summed E-state index contributed by atoms with van der Waals surface area (Å²) in [5.74, 6) is 0.806. The van der Waals surface area contributed by atoms with Gasteiger partial charge in [0.15, 0.2) is 0 Å². The Kier molecular flexibility index (Phi) is 15.6. The number of hydrogen-bond donors (Lipinski definition) is 2. The minimum atomic E-state index is 0. The van der Waals surface area contributed by atoms with Gasteiger partial charge < -0.3 is 20.1 Å². The van der Waals surface area contributed by atoms with Crippen LogP contribution >= 0.6 is 24.8 Å². The average molecular weight is 339 g/mol. The standard InChI is InChI=1S/C15H26N2O2.2ClH/c1-3-17(4-2)10-9-16-13-14-5-7-15(8-6-14)19-12-11-18;;/h5-8,16,18H,3-4,9-13H2,1-2H3;2*1H. The van der Waals surface area contributed by atoms with Crippen molar-refractivity contribution in [1.29, 1.82) is 0 Å². The lowest BCUT2D eigenvalue weighted by molar-refractivity contribution is 0.201. The molecule has 1 aromatic rings. The van der Waals surface area contributed by atoms with Gasteiger partial charge in [-0.1, -0.05) is 26.0 Å². The summed E-state index contributed by atoms with van der Waals surface area (Å²) in [6.45, 7) is 9.96. The second-order valence-corrected chi connectivity index (χ2v) is 4.42. The molecule has 0 heterocycles. The molecule has 4 nitrogen and oxygen atoms in total. The van der Waals surface area contributed by atoms with Gasteiger partial charge in [-0.15, -0.1) is 24.8 Å². The molecule has 124 valence electrons. The summed E-state index contributed by atoms with van der Waals surface area (Å²) >= 11 is 0. The molecule has 21 heavy (non-hydrogen) atoms. The van der Waals surface area contributed by atoms with Crippen LogP contribution in [0.1, 0.15) is 19.4 Å². The van der Waals surface area contributed by atoms with Gasteiger partial charge in [0, 0.05) is 19.6 Å². The number of hydrogen-bond acceptors (Lipinski definition) is 4. The van der Waals surface area contributed by atoms with E-state index in [1.165, 1.54) is 5.56 Å². The van der Waals surface area contributed by atoms with Gasteiger partial charge >= 0.3 is 0 Å². The summed E-state index contributed by atoms with van der Waals surface area (Å²) in [4.78, 5) is 2.40. The molecule has 0 radical (unpaired) electrons. The van der Waals surface area contributed by atoms with E-state index in [-0.39, 0.29) is 31.4 Å². The van der Waals surface area contributed by atoms with Crippen LogP contribution in [-0.4, -0.2) is 49.4 Å². The summed E-state index contributed by atoms with van der Waals surface area (Å²) in [7, 11) is 0. The predicted molar refractivity (Wildman–Crippen MR) is 93.0 cm³/mol. The molecule has 0 atom stereocenters.